The Bertz CT molecular complexity index is 649. The van der Waals surface area contributed by atoms with Gasteiger partial charge in [-0.2, -0.15) is 0 Å². The zero-order valence-corrected chi connectivity index (χ0v) is 10.7. The zero-order valence-electron chi connectivity index (χ0n) is 10.7. The number of anilines is 1. The lowest BCUT2D eigenvalue weighted by Gasteiger charge is -2.24. The van der Waals surface area contributed by atoms with Crippen molar-refractivity contribution in [2.24, 2.45) is 5.73 Å². The van der Waals surface area contributed by atoms with Crippen molar-refractivity contribution in [1.29, 1.82) is 0 Å². The minimum Gasteiger partial charge on any atom is -0.374 e. The SMILES string of the molecule is Cc1nc(C(N)=O)n2c(N3CCCC3O)cccc12. The minimum atomic E-state index is -0.566. The molecule has 0 aliphatic carbocycles. The van der Waals surface area contributed by atoms with Crippen molar-refractivity contribution < 1.29 is 9.90 Å². The third-order valence-corrected chi connectivity index (χ3v) is 3.56. The highest BCUT2D eigenvalue weighted by Gasteiger charge is 2.26. The van der Waals surface area contributed by atoms with Gasteiger partial charge < -0.3 is 15.7 Å². The van der Waals surface area contributed by atoms with Crippen LogP contribution in [-0.2, 0) is 0 Å². The number of pyridine rings is 1. The summed E-state index contributed by atoms with van der Waals surface area (Å²) in [5.74, 6) is 0.406. The number of rotatable bonds is 2. The van der Waals surface area contributed by atoms with Gasteiger partial charge in [0.05, 0.1) is 11.2 Å². The second kappa shape index (κ2) is 4.24. The van der Waals surface area contributed by atoms with Crippen LogP contribution < -0.4 is 10.6 Å². The Kier molecular flexibility index (Phi) is 2.67. The molecule has 1 amide bonds. The third-order valence-electron chi connectivity index (χ3n) is 3.56. The van der Waals surface area contributed by atoms with Gasteiger partial charge in [-0.25, -0.2) is 4.98 Å². The monoisotopic (exact) mass is 260 g/mol. The van der Waals surface area contributed by atoms with Crippen LogP contribution in [0.3, 0.4) is 0 Å². The van der Waals surface area contributed by atoms with Gasteiger partial charge in [-0.1, -0.05) is 6.07 Å². The molecule has 1 unspecified atom stereocenters. The van der Waals surface area contributed by atoms with E-state index in [1.807, 2.05) is 30.0 Å². The number of aryl methyl sites for hydroxylation is 1. The summed E-state index contributed by atoms with van der Waals surface area (Å²) in [5.41, 5.74) is 6.98. The number of imidazole rings is 1. The molecule has 6 heteroatoms. The summed E-state index contributed by atoms with van der Waals surface area (Å²) in [6, 6.07) is 5.66. The first-order valence-corrected chi connectivity index (χ1v) is 6.32. The Balaban J connectivity index is 2.27. The van der Waals surface area contributed by atoms with Crippen molar-refractivity contribution in [1.82, 2.24) is 9.38 Å². The molecule has 1 fully saturated rings. The summed E-state index contributed by atoms with van der Waals surface area (Å²) >= 11 is 0. The molecular formula is C13H16N4O2. The smallest absolute Gasteiger partial charge is 0.285 e. The number of nitrogens with two attached hydrogens (primary N) is 1. The Morgan fingerprint density at radius 3 is 2.95 bits per heavy atom. The van der Waals surface area contributed by atoms with Gasteiger partial charge in [0.15, 0.2) is 0 Å². The van der Waals surface area contributed by atoms with Crippen molar-refractivity contribution in [3.63, 3.8) is 0 Å². The van der Waals surface area contributed by atoms with E-state index >= 15 is 0 Å². The maximum Gasteiger partial charge on any atom is 0.285 e. The van der Waals surface area contributed by atoms with Gasteiger partial charge in [-0.05, 0) is 31.9 Å². The zero-order chi connectivity index (χ0) is 13.6. The van der Waals surface area contributed by atoms with E-state index in [0.29, 0.717) is 0 Å². The maximum absolute atomic E-state index is 11.5. The van der Waals surface area contributed by atoms with Crippen molar-refractivity contribution in [2.45, 2.75) is 26.0 Å². The minimum absolute atomic E-state index is 0.210. The van der Waals surface area contributed by atoms with E-state index < -0.39 is 12.1 Å². The molecule has 0 saturated carbocycles. The second-order valence-electron chi connectivity index (χ2n) is 4.81. The first kappa shape index (κ1) is 12.0. The molecule has 1 aliphatic heterocycles. The van der Waals surface area contributed by atoms with Gasteiger partial charge in [-0.3, -0.25) is 9.20 Å². The van der Waals surface area contributed by atoms with Crippen LogP contribution in [0, 0.1) is 6.92 Å². The predicted octanol–water partition coefficient (Wildman–Crippen LogP) is 0.660. The van der Waals surface area contributed by atoms with Gasteiger partial charge in [0.1, 0.15) is 12.0 Å². The number of hydrogen-bond acceptors (Lipinski definition) is 4. The lowest BCUT2D eigenvalue weighted by atomic mass is 10.3. The van der Waals surface area contributed by atoms with E-state index in [1.165, 1.54) is 0 Å². The lowest BCUT2D eigenvalue weighted by molar-refractivity contribution is 0.0989. The number of aliphatic hydroxyl groups is 1. The summed E-state index contributed by atoms with van der Waals surface area (Å²) < 4.78 is 1.73. The van der Waals surface area contributed by atoms with Crippen LogP contribution >= 0.6 is 0 Å². The first-order chi connectivity index (χ1) is 9.09. The number of primary amides is 1. The summed E-state index contributed by atoms with van der Waals surface area (Å²) in [7, 11) is 0. The number of aliphatic hydroxyl groups excluding tert-OH is 1. The number of amides is 1. The Hall–Kier alpha value is -2.08. The van der Waals surface area contributed by atoms with Crippen molar-refractivity contribution in [3.05, 3.63) is 29.7 Å². The van der Waals surface area contributed by atoms with Gasteiger partial charge >= 0.3 is 0 Å². The van der Waals surface area contributed by atoms with E-state index in [4.69, 9.17) is 5.73 Å². The molecule has 1 atom stereocenters. The number of nitrogens with zero attached hydrogens (tertiary/aromatic N) is 3. The second-order valence-corrected chi connectivity index (χ2v) is 4.81. The van der Waals surface area contributed by atoms with E-state index in [0.717, 1.165) is 36.4 Å². The molecule has 3 rings (SSSR count). The van der Waals surface area contributed by atoms with Gasteiger partial charge in [0, 0.05) is 6.54 Å². The van der Waals surface area contributed by atoms with E-state index in [1.54, 1.807) is 4.40 Å². The van der Waals surface area contributed by atoms with Crippen LogP contribution in [0.1, 0.15) is 29.2 Å². The van der Waals surface area contributed by atoms with E-state index in [2.05, 4.69) is 4.98 Å². The molecular weight excluding hydrogens is 244 g/mol. The van der Waals surface area contributed by atoms with Crippen molar-refractivity contribution in [2.75, 3.05) is 11.4 Å². The predicted molar refractivity (Wildman–Crippen MR) is 71.0 cm³/mol. The van der Waals surface area contributed by atoms with Crippen LogP contribution in [0.25, 0.3) is 5.52 Å². The molecule has 0 aromatic carbocycles. The molecule has 19 heavy (non-hydrogen) atoms. The highest BCUT2D eigenvalue weighted by molar-refractivity contribution is 5.91. The van der Waals surface area contributed by atoms with Crippen LogP contribution in [0.2, 0.25) is 0 Å². The molecule has 2 aromatic heterocycles. The number of carbonyl (C=O) groups is 1. The lowest BCUT2D eigenvalue weighted by Crippen LogP contribution is -2.31. The average molecular weight is 260 g/mol. The molecule has 3 N–H and O–H groups in total. The molecule has 3 heterocycles. The fraction of sp³-hybridized carbons (Fsp3) is 0.385. The summed E-state index contributed by atoms with van der Waals surface area (Å²) in [4.78, 5) is 17.6. The third kappa shape index (κ3) is 1.76. The molecule has 0 spiro atoms. The molecule has 2 aromatic rings. The standard InChI is InChI=1S/C13H16N4O2/c1-8-9-4-2-5-10(16-7-3-6-11(16)18)17(9)13(15-8)12(14)19/h2,4-5,11,18H,3,6-7H2,1H3,(H2,14,19). The highest BCUT2D eigenvalue weighted by atomic mass is 16.3. The number of hydrogen-bond donors (Lipinski definition) is 2. The largest absolute Gasteiger partial charge is 0.374 e. The molecule has 1 aliphatic rings. The van der Waals surface area contributed by atoms with Crippen LogP contribution in [-0.4, -0.2) is 33.2 Å². The number of carbonyl (C=O) groups excluding carboxylic acids is 1. The number of aromatic nitrogens is 2. The fourth-order valence-electron chi connectivity index (χ4n) is 2.67. The average Bonchev–Trinajstić information content (AvgIpc) is 2.94. The molecule has 6 nitrogen and oxygen atoms in total. The highest BCUT2D eigenvalue weighted by Crippen LogP contribution is 2.27. The van der Waals surface area contributed by atoms with Crippen LogP contribution in [0.4, 0.5) is 5.82 Å². The Morgan fingerprint density at radius 2 is 2.32 bits per heavy atom. The van der Waals surface area contributed by atoms with E-state index in [9.17, 15) is 9.90 Å². The molecule has 0 radical (unpaired) electrons. The topological polar surface area (TPSA) is 83.9 Å². The Labute approximate surface area is 110 Å². The van der Waals surface area contributed by atoms with Crippen molar-refractivity contribution in [3.8, 4) is 0 Å². The molecule has 100 valence electrons. The normalized spacial score (nSPS) is 19.3. The molecule has 0 bridgehead atoms. The van der Waals surface area contributed by atoms with Gasteiger partial charge in [0.2, 0.25) is 5.82 Å². The van der Waals surface area contributed by atoms with Gasteiger partial charge in [0.25, 0.3) is 5.91 Å². The Morgan fingerprint density at radius 1 is 1.53 bits per heavy atom. The van der Waals surface area contributed by atoms with Crippen LogP contribution in [0.5, 0.6) is 0 Å². The van der Waals surface area contributed by atoms with E-state index in [-0.39, 0.29) is 5.82 Å². The summed E-state index contributed by atoms with van der Waals surface area (Å²) in [6.07, 6.45) is 1.14. The quantitative estimate of drug-likeness (QED) is 0.830. The fourth-order valence-corrected chi connectivity index (χ4v) is 2.67. The van der Waals surface area contributed by atoms with Crippen molar-refractivity contribution >= 4 is 17.2 Å². The summed E-state index contributed by atoms with van der Waals surface area (Å²) in [6.45, 7) is 2.60. The van der Waals surface area contributed by atoms with Crippen LogP contribution in [0.15, 0.2) is 18.2 Å². The maximum atomic E-state index is 11.5. The number of fused-ring (bicyclic) bond motifs is 1. The van der Waals surface area contributed by atoms with Gasteiger partial charge in [-0.15, -0.1) is 0 Å². The first-order valence-electron chi connectivity index (χ1n) is 6.32. The summed E-state index contributed by atoms with van der Waals surface area (Å²) in [5, 5.41) is 10.0. The molecule has 1 saturated heterocycles.